The number of unbranched alkanes of at least 4 members (excludes halogenated alkanes) is 4. The van der Waals surface area contributed by atoms with Gasteiger partial charge < -0.3 is 9.84 Å². The second-order valence-electron chi connectivity index (χ2n) is 4.73. The third-order valence-electron chi connectivity index (χ3n) is 2.81. The molecule has 0 radical (unpaired) electrons. The van der Waals surface area contributed by atoms with Gasteiger partial charge in [0.15, 0.2) is 0 Å². The molecule has 114 valence electrons. The quantitative estimate of drug-likeness (QED) is 0.274. The molecule has 1 N–H and O–H groups in total. The Bertz CT molecular complexity index is 331. The van der Waals surface area contributed by atoms with E-state index >= 15 is 0 Å². The smallest absolute Gasteiger partial charge is 0.313 e. The van der Waals surface area contributed by atoms with Crippen LogP contribution in [0.3, 0.4) is 0 Å². The molecular weight excluding hydrogens is 256 g/mol. The lowest BCUT2D eigenvalue weighted by Gasteiger charge is -2.03. The summed E-state index contributed by atoms with van der Waals surface area (Å²) < 4.78 is 4.39. The number of allylic oxidation sites excluding steroid dienone is 3. The summed E-state index contributed by atoms with van der Waals surface area (Å²) in [6, 6.07) is 0. The summed E-state index contributed by atoms with van der Waals surface area (Å²) in [4.78, 5) is 22.2. The van der Waals surface area contributed by atoms with Crippen molar-refractivity contribution in [3.8, 4) is 0 Å². The number of aliphatic hydroxyl groups is 1. The van der Waals surface area contributed by atoms with Gasteiger partial charge in [-0.05, 0) is 12.8 Å². The van der Waals surface area contributed by atoms with Gasteiger partial charge in [-0.15, -0.1) is 0 Å². The summed E-state index contributed by atoms with van der Waals surface area (Å²) >= 11 is 0. The minimum atomic E-state index is -0.850. The van der Waals surface area contributed by atoms with Gasteiger partial charge in [0.1, 0.15) is 12.2 Å². The molecule has 0 aliphatic rings. The van der Waals surface area contributed by atoms with Crippen molar-refractivity contribution in [3.63, 3.8) is 0 Å². The molecule has 0 amide bonds. The number of Topliss-reactive ketones (excluding diaryl/α,β-unsaturated/α-hetero) is 1. The summed E-state index contributed by atoms with van der Waals surface area (Å²) in [7, 11) is 1.23. The highest BCUT2D eigenvalue weighted by atomic mass is 16.5. The normalized spacial score (nSPS) is 12.9. The van der Waals surface area contributed by atoms with E-state index < -0.39 is 12.1 Å². The topological polar surface area (TPSA) is 63.6 Å². The summed E-state index contributed by atoms with van der Waals surface area (Å²) in [6.45, 7) is 2.18. The number of carbonyl (C=O) groups excluding carboxylic acids is 2. The number of aliphatic hydroxyl groups excluding tert-OH is 1. The number of ketones is 1. The van der Waals surface area contributed by atoms with Crippen LogP contribution in [-0.4, -0.2) is 30.1 Å². The zero-order valence-electron chi connectivity index (χ0n) is 12.5. The monoisotopic (exact) mass is 282 g/mol. The lowest BCUT2D eigenvalue weighted by Crippen LogP contribution is -2.15. The van der Waals surface area contributed by atoms with E-state index in [1.165, 1.54) is 32.8 Å². The molecule has 0 aliphatic carbocycles. The van der Waals surface area contributed by atoms with Gasteiger partial charge in [0.25, 0.3) is 0 Å². The number of esters is 1. The number of carbonyl (C=O) groups is 2. The average molecular weight is 282 g/mol. The van der Waals surface area contributed by atoms with Crippen molar-refractivity contribution < 1.29 is 19.4 Å². The number of hydrogen-bond donors (Lipinski definition) is 1. The lowest BCUT2D eigenvalue weighted by atomic mass is 10.1. The van der Waals surface area contributed by atoms with Crippen LogP contribution in [0.15, 0.2) is 24.3 Å². The maximum absolute atomic E-state index is 11.3. The Morgan fingerprint density at radius 1 is 1.20 bits per heavy atom. The summed E-state index contributed by atoms with van der Waals surface area (Å²) in [5.74, 6) is -0.893. The van der Waals surface area contributed by atoms with Crippen LogP contribution in [-0.2, 0) is 14.3 Å². The summed E-state index contributed by atoms with van der Waals surface area (Å²) in [6.07, 6.45) is 12.0. The first kappa shape index (κ1) is 18.6. The minimum absolute atomic E-state index is 0.0596. The molecule has 0 fully saturated rings. The van der Waals surface area contributed by atoms with Crippen molar-refractivity contribution in [2.75, 3.05) is 7.11 Å². The molecule has 0 aliphatic heterocycles. The number of hydrogen-bond acceptors (Lipinski definition) is 4. The van der Waals surface area contributed by atoms with E-state index in [1.54, 1.807) is 12.2 Å². The van der Waals surface area contributed by atoms with Crippen LogP contribution in [0.4, 0.5) is 0 Å². The number of rotatable bonds is 11. The first-order chi connectivity index (χ1) is 9.60. The predicted octanol–water partition coefficient (Wildman–Crippen LogP) is 2.95. The molecule has 0 heterocycles. The Hall–Kier alpha value is -1.42. The summed E-state index contributed by atoms with van der Waals surface area (Å²) in [5.41, 5.74) is 0. The van der Waals surface area contributed by atoms with Gasteiger partial charge in [0.2, 0.25) is 0 Å². The van der Waals surface area contributed by atoms with Crippen LogP contribution in [0.5, 0.6) is 0 Å². The molecule has 4 heteroatoms. The first-order valence-electron chi connectivity index (χ1n) is 7.20. The SMILES string of the molecule is CCCCCC/C=C/C=C/C(O)CC(=O)CC(=O)OC. The molecule has 0 aromatic rings. The van der Waals surface area contributed by atoms with Crippen molar-refractivity contribution >= 4 is 11.8 Å². The Morgan fingerprint density at radius 3 is 2.60 bits per heavy atom. The molecule has 0 spiro atoms. The van der Waals surface area contributed by atoms with E-state index in [-0.39, 0.29) is 18.6 Å². The van der Waals surface area contributed by atoms with Crippen molar-refractivity contribution in [3.05, 3.63) is 24.3 Å². The highest BCUT2D eigenvalue weighted by Crippen LogP contribution is 2.03. The Balaban J connectivity index is 3.76. The third kappa shape index (κ3) is 11.7. The molecule has 20 heavy (non-hydrogen) atoms. The molecule has 0 saturated heterocycles. The van der Waals surface area contributed by atoms with Crippen molar-refractivity contribution in [2.24, 2.45) is 0 Å². The molecule has 1 atom stereocenters. The van der Waals surface area contributed by atoms with Crippen molar-refractivity contribution in [2.45, 2.75) is 58.0 Å². The van der Waals surface area contributed by atoms with Gasteiger partial charge in [-0.3, -0.25) is 9.59 Å². The van der Waals surface area contributed by atoms with Crippen molar-refractivity contribution in [1.82, 2.24) is 0 Å². The second kappa shape index (κ2) is 12.6. The maximum atomic E-state index is 11.3. The third-order valence-corrected chi connectivity index (χ3v) is 2.81. The highest BCUT2D eigenvalue weighted by molar-refractivity contribution is 5.95. The fourth-order valence-corrected chi connectivity index (χ4v) is 1.66. The zero-order valence-corrected chi connectivity index (χ0v) is 12.5. The first-order valence-corrected chi connectivity index (χ1v) is 7.20. The largest absolute Gasteiger partial charge is 0.469 e. The van der Waals surface area contributed by atoms with E-state index in [0.717, 1.165) is 6.42 Å². The second-order valence-corrected chi connectivity index (χ2v) is 4.73. The fourth-order valence-electron chi connectivity index (χ4n) is 1.66. The van der Waals surface area contributed by atoms with Gasteiger partial charge in [-0.1, -0.05) is 50.5 Å². The molecule has 0 bridgehead atoms. The Labute approximate surface area is 121 Å². The van der Waals surface area contributed by atoms with Crippen molar-refractivity contribution in [1.29, 1.82) is 0 Å². The van der Waals surface area contributed by atoms with Crippen LogP contribution in [0, 0.1) is 0 Å². The van der Waals surface area contributed by atoms with Crippen LogP contribution in [0.1, 0.15) is 51.9 Å². The van der Waals surface area contributed by atoms with Gasteiger partial charge in [0.05, 0.1) is 13.2 Å². The van der Waals surface area contributed by atoms with Gasteiger partial charge in [-0.25, -0.2) is 0 Å². The molecule has 0 rings (SSSR count). The van der Waals surface area contributed by atoms with Crippen LogP contribution >= 0.6 is 0 Å². The van der Waals surface area contributed by atoms with Crippen LogP contribution < -0.4 is 0 Å². The highest BCUT2D eigenvalue weighted by Gasteiger charge is 2.12. The summed E-state index contributed by atoms with van der Waals surface area (Å²) in [5, 5.41) is 9.58. The standard InChI is InChI=1S/C16H26O4/c1-3-4-5-6-7-8-9-10-11-14(17)12-15(18)13-16(19)20-2/h8-11,14,17H,3-7,12-13H2,1-2H3/b9-8+,11-10+. The van der Waals surface area contributed by atoms with E-state index in [9.17, 15) is 14.7 Å². The van der Waals surface area contributed by atoms with Gasteiger partial charge in [0, 0.05) is 6.42 Å². The van der Waals surface area contributed by atoms with E-state index in [1.807, 2.05) is 6.08 Å². The van der Waals surface area contributed by atoms with E-state index in [0.29, 0.717) is 0 Å². The Morgan fingerprint density at radius 2 is 1.95 bits per heavy atom. The maximum Gasteiger partial charge on any atom is 0.313 e. The fraction of sp³-hybridized carbons (Fsp3) is 0.625. The zero-order chi connectivity index (χ0) is 15.2. The van der Waals surface area contributed by atoms with Gasteiger partial charge >= 0.3 is 5.97 Å². The molecule has 1 unspecified atom stereocenters. The van der Waals surface area contributed by atoms with Gasteiger partial charge in [-0.2, -0.15) is 0 Å². The molecule has 4 nitrogen and oxygen atoms in total. The van der Waals surface area contributed by atoms with Crippen LogP contribution in [0.25, 0.3) is 0 Å². The van der Waals surface area contributed by atoms with E-state index in [2.05, 4.69) is 17.7 Å². The molecule has 0 aromatic heterocycles. The number of ether oxygens (including phenoxy) is 1. The predicted molar refractivity (Wildman–Crippen MR) is 79.3 cm³/mol. The molecular formula is C16H26O4. The molecule has 0 aromatic carbocycles. The van der Waals surface area contributed by atoms with Crippen LogP contribution in [0.2, 0.25) is 0 Å². The lowest BCUT2D eigenvalue weighted by molar-refractivity contribution is -0.143. The Kier molecular flexibility index (Phi) is 11.7. The minimum Gasteiger partial charge on any atom is -0.469 e. The molecule has 0 saturated carbocycles. The number of methoxy groups -OCH3 is 1. The average Bonchev–Trinajstić information content (AvgIpc) is 2.41. The van der Waals surface area contributed by atoms with E-state index in [4.69, 9.17) is 0 Å².